The molecular weight excluding hydrogens is 275 g/mol. The minimum Gasteiger partial charge on any atom is -0.443 e. The van der Waals surface area contributed by atoms with Gasteiger partial charge in [0.15, 0.2) is 17.8 Å². The number of oxazole rings is 1. The predicted octanol–water partition coefficient (Wildman–Crippen LogP) is 2.12. The molecule has 0 bridgehead atoms. The summed E-state index contributed by atoms with van der Waals surface area (Å²) >= 11 is 0. The van der Waals surface area contributed by atoms with Crippen molar-refractivity contribution in [3.63, 3.8) is 0 Å². The van der Waals surface area contributed by atoms with Gasteiger partial charge in [-0.3, -0.25) is 4.79 Å². The summed E-state index contributed by atoms with van der Waals surface area (Å²) in [6.45, 7) is 0. The van der Waals surface area contributed by atoms with E-state index in [1.165, 1.54) is 30.7 Å². The number of benzene rings is 1. The standard InChI is InChI=1S/C15H15FN2O3/c16-10-6-4-9(5-7-10)14-13(17-8-21-14)15(20)18-11-2-1-3-12(11)19/h4-8,11-12,19H,1-3H2,(H,18,20)/t11-,12+/m1/s1. The summed E-state index contributed by atoms with van der Waals surface area (Å²) in [5.41, 5.74) is 0.715. The highest BCUT2D eigenvalue weighted by atomic mass is 19.1. The van der Waals surface area contributed by atoms with E-state index in [-0.39, 0.29) is 17.6 Å². The van der Waals surface area contributed by atoms with Crippen molar-refractivity contribution in [3.8, 4) is 11.3 Å². The summed E-state index contributed by atoms with van der Waals surface area (Å²) in [7, 11) is 0. The van der Waals surface area contributed by atoms with Crippen LogP contribution in [0.5, 0.6) is 0 Å². The molecule has 5 nitrogen and oxygen atoms in total. The van der Waals surface area contributed by atoms with E-state index >= 15 is 0 Å². The van der Waals surface area contributed by atoms with E-state index in [0.717, 1.165) is 12.8 Å². The summed E-state index contributed by atoms with van der Waals surface area (Å²) in [5.74, 6) is -0.465. The SMILES string of the molecule is O=C(N[C@@H]1CCC[C@@H]1O)c1ncoc1-c1ccc(F)cc1. The van der Waals surface area contributed by atoms with Crippen molar-refractivity contribution in [2.75, 3.05) is 0 Å². The highest BCUT2D eigenvalue weighted by Crippen LogP contribution is 2.24. The zero-order valence-electron chi connectivity index (χ0n) is 11.3. The largest absolute Gasteiger partial charge is 0.443 e. The summed E-state index contributed by atoms with van der Waals surface area (Å²) in [6, 6.07) is 5.38. The lowest BCUT2D eigenvalue weighted by Crippen LogP contribution is -2.40. The van der Waals surface area contributed by atoms with Crippen LogP contribution < -0.4 is 5.32 Å². The molecule has 1 heterocycles. The molecule has 0 spiro atoms. The number of aromatic nitrogens is 1. The van der Waals surface area contributed by atoms with Gasteiger partial charge in [0.1, 0.15) is 5.82 Å². The van der Waals surface area contributed by atoms with Crippen molar-refractivity contribution in [2.45, 2.75) is 31.4 Å². The normalized spacial score (nSPS) is 21.4. The van der Waals surface area contributed by atoms with E-state index in [0.29, 0.717) is 17.7 Å². The number of rotatable bonds is 3. The second-order valence-corrected chi connectivity index (χ2v) is 5.12. The van der Waals surface area contributed by atoms with Crippen molar-refractivity contribution in [1.82, 2.24) is 10.3 Å². The Labute approximate surface area is 120 Å². The molecule has 0 aliphatic heterocycles. The van der Waals surface area contributed by atoms with Crippen molar-refractivity contribution in [2.24, 2.45) is 0 Å². The lowest BCUT2D eigenvalue weighted by atomic mass is 10.1. The molecule has 21 heavy (non-hydrogen) atoms. The first kappa shape index (κ1) is 13.8. The molecule has 1 fully saturated rings. The number of halogens is 1. The fourth-order valence-electron chi connectivity index (χ4n) is 2.56. The van der Waals surface area contributed by atoms with E-state index in [2.05, 4.69) is 10.3 Å². The Hall–Kier alpha value is -2.21. The van der Waals surface area contributed by atoms with Crippen molar-refractivity contribution in [1.29, 1.82) is 0 Å². The fraction of sp³-hybridized carbons (Fsp3) is 0.333. The molecular formula is C15H15FN2O3. The minimum atomic E-state index is -0.518. The smallest absolute Gasteiger partial charge is 0.274 e. The van der Waals surface area contributed by atoms with Crippen molar-refractivity contribution < 1.29 is 18.7 Å². The number of nitrogens with zero attached hydrogens (tertiary/aromatic N) is 1. The van der Waals surface area contributed by atoms with Gasteiger partial charge in [-0.25, -0.2) is 9.37 Å². The van der Waals surface area contributed by atoms with Crippen molar-refractivity contribution in [3.05, 3.63) is 42.2 Å². The lowest BCUT2D eigenvalue weighted by molar-refractivity contribution is 0.0869. The summed E-state index contributed by atoms with van der Waals surface area (Å²) in [6.07, 6.45) is 2.98. The second kappa shape index (κ2) is 5.65. The van der Waals surface area contributed by atoms with Gasteiger partial charge in [-0.2, -0.15) is 0 Å². The molecule has 110 valence electrons. The van der Waals surface area contributed by atoms with Crippen LogP contribution in [0.2, 0.25) is 0 Å². The first-order valence-corrected chi connectivity index (χ1v) is 6.83. The van der Waals surface area contributed by atoms with Gasteiger partial charge in [0.25, 0.3) is 5.91 Å². The molecule has 1 saturated carbocycles. The fourth-order valence-corrected chi connectivity index (χ4v) is 2.56. The number of hydrogen-bond donors (Lipinski definition) is 2. The number of carbonyl (C=O) groups is 1. The number of nitrogens with one attached hydrogen (secondary N) is 1. The van der Waals surface area contributed by atoms with E-state index in [1.54, 1.807) is 0 Å². The Morgan fingerprint density at radius 1 is 1.33 bits per heavy atom. The molecule has 2 N–H and O–H groups in total. The molecule has 1 aliphatic rings. The molecule has 1 amide bonds. The first-order chi connectivity index (χ1) is 10.1. The molecule has 1 aromatic heterocycles. The van der Waals surface area contributed by atoms with Crippen LogP contribution in [0.15, 0.2) is 35.1 Å². The number of amides is 1. The Morgan fingerprint density at radius 2 is 2.10 bits per heavy atom. The Morgan fingerprint density at radius 3 is 2.76 bits per heavy atom. The van der Waals surface area contributed by atoms with Crippen LogP contribution in [-0.4, -0.2) is 28.1 Å². The maximum Gasteiger partial charge on any atom is 0.274 e. The van der Waals surface area contributed by atoms with Gasteiger partial charge in [-0.15, -0.1) is 0 Å². The average molecular weight is 290 g/mol. The van der Waals surface area contributed by atoms with Gasteiger partial charge in [0.2, 0.25) is 0 Å². The number of aliphatic hydroxyl groups is 1. The number of hydrogen-bond acceptors (Lipinski definition) is 4. The highest BCUT2D eigenvalue weighted by molar-refractivity contribution is 5.97. The Balaban J connectivity index is 1.81. The molecule has 1 aromatic carbocycles. The third-order valence-corrected chi connectivity index (χ3v) is 3.68. The van der Waals surface area contributed by atoms with E-state index < -0.39 is 12.0 Å². The van der Waals surface area contributed by atoms with Crippen LogP contribution in [0.25, 0.3) is 11.3 Å². The maximum atomic E-state index is 12.9. The molecule has 2 aromatic rings. The third kappa shape index (κ3) is 2.80. The Bertz CT molecular complexity index is 639. The van der Waals surface area contributed by atoms with Gasteiger partial charge < -0.3 is 14.8 Å². The van der Waals surface area contributed by atoms with Gasteiger partial charge in [-0.05, 0) is 43.5 Å². The first-order valence-electron chi connectivity index (χ1n) is 6.83. The highest BCUT2D eigenvalue weighted by Gasteiger charge is 2.28. The summed E-state index contributed by atoms with van der Waals surface area (Å²) < 4.78 is 18.2. The Kier molecular flexibility index (Phi) is 3.70. The quantitative estimate of drug-likeness (QED) is 0.908. The molecule has 2 atom stereocenters. The van der Waals surface area contributed by atoms with Crippen LogP contribution >= 0.6 is 0 Å². The van der Waals surface area contributed by atoms with E-state index in [4.69, 9.17) is 4.42 Å². The molecule has 6 heteroatoms. The van der Waals surface area contributed by atoms with E-state index in [9.17, 15) is 14.3 Å². The third-order valence-electron chi connectivity index (χ3n) is 3.68. The van der Waals surface area contributed by atoms with Gasteiger partial charge in [-0.1, -0.05) is 0 Å². The number of aliphatic hydroxyl groups excluding tert-OH is 1. The zero-order valence-corrected chi connectivity index (χ0v) is 11.3. The molecule has 0 saturated heterocycles. The molecule has 1 aliphatic carbocycles. The lowest BCUT2D eigenvalue weighted by Gasteiger charge is -2.15. The predicted molar refractivity (Wildman–Crippen MR) is 73.0 cm³/mol. The molecule has 0 unspecified atom stereocenters. The molecule has 0 radical (unpaired) electrons. The summed E-state index contributed by atoms with van der Waals surface area (Å²) in [5, 5.41) is 12.5. The van der Waals surface area contributed by atoms with Gasteiger partial charge in [0, 0.05) is 5.56 Å². The van der Waals surface area contributed by atoms with Crippen LogP contribution in [0.1, 0.15) is 29.8 Å². The van der Waals surface area contributed by atoms with Gasteiger partial charge in [0.05, 0.1) is 12.1 Å². The van der Waals surface area contributed by atoms with Crippen LogP contribution in [-0.2, 0) is 0 Å². The topological polar surface area (TPSA) is 75.4 Å². The monoisotopic (exact) mass is 290 g/mol. The van der Waals surface area contributed by atoms with Gasteiger partial charge >= 0.3 is 0 Å². The average Bonchev–Trinajstić information content (AvgIpc) is 3.09. The number of carbonyl (C=O) groups excluding carboxylic acids is 1. The van der Waals surface area contributed by atoms with Crippen molar-refractivity contribution >= 4 is 5.91 Å². The van der Waals surface area contributed by atoms with Crippen LogP contribution in [0, 0.1) is 5.82 Å². The zero-order chi connectivity index (χ0) is 14.8. The minimum absolute atomic E-state index is 0.140. The van der Waals surface area contributed by atoms with E-state index in [1.807, 2.05) is 0 Å². The summed E-state index contributed by atoms with van der Waals surface area (Å²) in [4.78, 5) is 16.2. The molecule has 3 rings (SSSR count). The van der Waals surface area contributed by atoms with Crippen LogP contribution in [0.4, 0.5) is 4.39 Å². The second-order valence-electron chi connectivity index (χ2n) is 5.12. The maximum absolute atomic E-state index is 12.9. The van der Waals surface area contributed by atoms with Crippen LogP contribution in [0.3, 0.4) is 0 Å².